The molecule has 1 N–H and O–H groups in total. The number of rotatable bonds is 8. The molecule has 2 aromatic rings. The number of Topliss-reactive ketones (excluding diaryl/α,β-unsaturated/α-hetero) is 1. The number of halogens is 3. The fraction of sp³-hybridized carbons (Fsp3) is 0.300. The number of nitrogens with zero attached hydrogens (tertiary/aromatic N) is 1. The third-order valence-corrected chi connectivity index (χ3v) is 3.93. The summed E-state index contributed by atoms with van der Waals surface area (Å²) in [5, 5.41) is 2.72. The lowest BCUT2D eigenvalue weighted by molar-refractivity contribution is -0.275. The molecule has 1 amide bonds. The second-order valence-electron chi connectivity index (χ2n) is 6.33. The number of anilines is 1. The van der Waals surface area contributed by atoms with Gasteiger partial charge in [0.25, 0.3) is 0 Å². The van der Waals surface area contributed by atoms with Gasteiger partial charge in [-0.25, -0.2) is 0 Å². The summed E-state index contributed by atoms with van der Waals surface area (Å²) in [6.45, 7) is 2.01. The van der Waals surface area contributed by atoms with Gasteiger partial charge in [0, 0.05) is 36.3 Å². The zero-order valence-corrected chi connectivity index (χ0v) is 15.5. The van der Waals surface area contributed by atoms with E-state index < -0.39 is 6.36 Å². The number of nitrogens with one attached hydrogen (secondary N) is 1. The van der Waals surface area contributed by atoms with Gasteiger partial charge in [-0.2, -0.15) is 0 Å². The lowest BCUT2D eigenvalue weighted by atomic mass is 10.1. The third kappa shape index (κ3) is 7.03. The molecule has 0 saturated carbocycles. The Bertz CT molecular complexity index is 820. The lowest BCUT2D eigenvalue weighted by Gasteiger charge is -2.19. The summed E-state index contributed by atoms with van der Waals surface area (Å²) in [6.07, 6.45) is -4.60. The molecule has 0 atom stereocenters. The fourth-order valence-electron chi connectivity index (χ4n) is 2.53. The molecular formula is C20H21F3N2O3. The summed E-state index contributed by atoms with van der Waals surface area (Å²) in [6, 6.07) is 12.4. The Morgan fingerprint density at radius 1 is 1.07 bits per heavy atom. The number of ether oxygens (including phenoxy) is 1. The monoisotopic (exact) mass is 394 g/mol. The minimum Gasteiger partial charge on any atom is -0.405 e. The van der Waals surface area contributed by atoms with Crippen molar-refractivity contribution in [2.75, 3.05) is 18.9 Å². The molecule has 0 aromatic heterocycles. The Labute approximate surface area is 161 Å². The number of benzene rings is 2. The number of para-hydroxylation sites is 1. The number of amides is 1. The Kier molecular flexibility index (Phi) is 7.17. The van der Waals surface area contributed by atoms with Crippen LogP contribution in [-0.2, 0) is 11.3 Å². The number of hydrogen-bond donors (Lipinski definition) is 1. The average molecular weight is 394 g/mol. The van der Waals surface area contributed by atoms with Crippen LogP contribution in [0.1, 0.15) is 29.3 Å². The van der Waals surface area contributed by atoms with Crippen molar-refractivity contribution in [3.8, 4) is 5.75 Å². The van der Waals surface area contributed by atoms with Gasteiger partial charge in [0.1, 0.15) is 5.75 Å². The lowest BCUT2D eigenvalue weighted by Crippen LogP contribution is -2.25. The predicted octanol–water partition coefficient (Wildman–Crippen LogP) is 4.25. The van der Waals surface area contributed by atoms with E-state index in [0.29, 0.717) is 23.4 Å². The van der Waals surface area contributed by atoms with E-state index in [1.807, 2.05) is 0 Å². The Balaban J connectivity index is 1.86. The zero-order valence-electron chi connectivity index (χ0n) is 15.5. The van der Waals surface area contributed by atoms with Crippen LogP contribution in [0.15, 0.2) is 48.5 Å². The van der Waals surface area contributed by atoms with Crippen molar-refractivity contribution in [3.05, 3.63) is 59.7 Å². The first-order chi connectivity index (χ1) is 13.1. The van der Waals surface area contributed by atoms with Crippen LogP contribution >= 0.6 is 0 Å². The Hall–Kier alpha value is -2.87. The van der Waals surface area contributed by atoms with Crippen LogP contribution in [-0.4, -0.2) is 36.5 Å². The molecule has 0 aliphatic rings. The van der Waals surface area contributed by atoms with Crippen LogP contribution in [0.2, 0.25) is 0 Å². The highest BCUT2D eigenvalue weighted by Crippen LogP contribution is 2.26. The van der Waals surface area contributed by atoms with E-state index in [-0.39, 0.29) is 30.4 Å². The summed E-state index contributed by atoms with van der Waals surface area (Å²) in [5.74, 6) is -0.548. The van der Waals surface area contributed by atoms with E-state index in [2.05, 4.69) is 10.1 Å². The van der Waals surface area contributed by atoms with Crippen LogP contribution in [0.25, 0.3) is 0 Å². The maximum absolute atomic E-state index is 12.5. The van der Waals surface area contributed by atoms with Crippen molar-refractivity contribution in [3.63, 3.8) is 0 Å². The van der Waals surface area contributed by atoms with Crippen LogP contribution in [0.3, 0.4) is 0 Å². The van der Waals surface area contributed by atoms with Gasteiger partial charge < -0.3 is 15.0 Å². The van der Waals surface area contributed by atoms with Crippen LogP contribution in [0, 0.1) is 0 Å². The van der Waals surface area contributed by atoms with Gasteiger partial charge in [0.15, 0.2) is 5.78 Å². The van der Waals surface area contributed by atoms with E-state index in [1.165, 1.54) is 19.1 Å². The van der Waals surface area contributed by atoms with Crippen LogP contribution in [0.4, 0.5) is 18.9 Å². The highest BCUT2D eigenvalue weighted by atomic mass is 19.4. The predicted molar refractivity (Wildman–Crippen MR) is 99.2 cm³/mol. The van der Waals surface area contributed by atoms with Gasteiger partial charge in [0.2, 0.25) is 5.91 Å². The molecule has 150 valence electrons. The van der Waals surface area contributed by atoms with E-state index >= 15 is 0 Å². The average Bonchev–Trinajstić information content (AvgIpc) is 2.61. The van der Waals surface area contributed by atoms with Gasteiger partial charge in [-0.3, -0.25) is 9.59 Å². The number of hydrogen-bond acceptors (Lipinski definition) is 4. The summed E-state index contributed by atoms with van der Waals surface area (Å²) < 4.78 is 41.5. The number of carbonyl (C=O) groups excluding carboxylic acids is 2. The second-order valence-corrected chi connectivity index (χ2v) is 6.33. The minimum atomic E-state index is -4.76. The summed E-state index contributed by atoms with van der Waals surface area (Å²) in [5.41, 5.74) is 1.50. The largest absolute Gasteiger partial charge is 0.573 e. The number of ketones is 1. The van der Waals surface area contributed by atoms with Gasteiger partial charge in [-0.05, 0) is 44.3 Å². The molecule has 0 unspecified atom stereocenters. The van der Waals surface area contributed by atoms with E-state index in [0.717, 1.165) is 0 Å². The maximum Gasteiger partial charge on any atom is 0.573 e. The smallest absolute Gasteiger partial charge is 0.405 e. The Morgan fingerprint density at radius 2 is 1.71 bits per heavy atom. The SMILES string of the molecule is CC(=O)c1ccc(NC(=O)CCN(C)Cc2ccccc2OC(F)(F)F)cc1. The molecule has 28 heavy (non-hydrogen) atoms. The fourth-order valence-corrected chi connectivity index (χ4v) is 2.53. The van der Waals surface area contributed by atoms with Crippen LogP contribution in [0.5, 0.6) is 5.75 Å². The van der Waals surface area contributed by atoms with Gasteiger partial charge in [0.05, 0.1) is 0 Å². The second kappa shape index (κ2) is 9.36. The van der Waals surface area contributed by atoms with Crippen molar-refractivity contribution >= 4 is 17.4 Å². The summed E-state index contributed by atoms with van der Waals surface area (Å²) in [4.78, 5) is 25.0. The van der Waals surface area contributed by atoms with Crippen molar-refractivity contribution < 1.29 is 27.5 Å². The molecule has 0 spiro atoms. The number of carbonyl (C=O) groups is 2. The van der Waals surface area contributed by atoms with Crippen molar-refractivity contribution in [2.24, 2.45) is 0 Å². The van der Waals surface area contributed by atoms with Crippen LogP contribution < -0.4 is 10.1 Å². The van der Waals surface area contributed by atoms with Crippen molar-refractivity contribution in [1.29, 1.82) is 0 Å². The first-order valence-electron chi connectivity index (χ1n) is 8.57. The van der Waals surface area contributed by atoms with Crippen molar-refractivity contribution in [1.82, 2.24) is 4.90 Å². The van der Waals surface area contributed by atoms with E-state index in [1.54, 1.807) is 48.3 Å². The molecule has 0 bridgehead atoms. The Morgan fingerprint density at radius 3 is 2.32 bits per heavy atom. The normalized spacial score (nSPS) is 11.4. The molecule has 2 rings (SSSR count). The highest BCUT2D eigenvalue weighted by Gasteiger charge is 2.32. The van der Waals surface area contributed by atoms with Gasteiger partial charge in [-0.1, -0.05) is 18.2 Å². The molecule has 0 heterocycles. The quantitative estimate of drug-likeness (QED) is 0.680. The standard InChI is InChI=1S/C20H21F3N2O3/c1-14(26)15-7-9-17(10-8-15)24-19(27)11-12-25(2)13-16-5-3-4-6-18(16)28-20(21,22)23/h3-10H,11-13H2,1-2H3,(H,24,27). The molecule has 2 aromatic carbocycles. The van der Waals surface area contributed by atoms with E-state index in [4.69, 9.17) is 0 Å². The van der Waals surface area contributed by atoms with Gasteiger partial charge >= 0.3 is 6.36 Å². The van der Waals surface area contributed by atoms with Gasteiger partial charge in [-0.15, -0.1) is 13.2 Å². The third-order valence-electron chi connectivity index (χ3n) is 3.93. The first-order valence-corrected chi connectivity index (χ1v) is 8.57. The van der Waals surface area contributed by atoms with E-state index in [9.17, 15) is 22.8 Å². The maximum atomic E-state index is 12.5. The highest BCUT2D eigenvalue weighted by molar-refractivity contribution is 5.95. The summed E-state index contributed by atoms with van der Waals surface area (Å²) >= 11 is 0. The minimum absolute atomic E-state index is 0.0608. The molecule has 0 radical (unpaired) electrons. The molecule has 0 saturated heterocycles. The first kappa shape index (κ1) is 21.4. The molecule has 0 fully saturated rings. The molecular weight excluding hydrogens is 373 g/mol. The molecule has 5 nitrogen and oxygen atoms in total. The molecule has 0 aliphatic heterocycles. The van der Waals surface area contributed by atoms with Crippen molar-refractivity contribution in [2.45, 2.75) is 26.3 Å². The molecule has 0 aliphatic carbocycles. The molecule has 8 heteroatoms. The number of alkyl halides is 3. The topological polar surface area (TPSA) is 58.6 Å². The zero-order chi connectivity index (χ0) is 20.7. The summed E-state index contributed by atoms with van der Waals surface area (Å²) in [7, 11) is 1.71.